The Morgan fingerprint density at radius 2 is 2.03 bits per heavy atom. The molecule has 0 amide bonds. The Balaban J connectivity index is 1.64. The third-order valence-electron chi connectivity index (χ3n) is 5.29. The average molecular weight is 411 g/mol. The number of hydrogen-bond acceptors (Lipinski definition) is 7. The molecule has 0 spiro atoms. The summed E-state index contributed by atoms with van der Waals surface area (Å²) in [7, 11) is 0. The van der Waals surface area contributed by atoms with Gasteiger partial charge in [-0.25, -0.2) is 0 Å². The number of nitrogens with zero attached hydrogens (tertiary/aromatic N) is 3. The van der Waals surface area contributed by atoms with Crippen LogP contribution in [0, 0.1) is 11.3 Å². The van der Waals surface area contributed by atoms with Crippen molar-refractivity contribution < 1.29 is 9.90 Å². The van der Waals surface area contributed by atoms with Crippen LogP contribution in [-0.4, -0.2) is 35.8 Å². The van der Waals surface area contributed by atoms with Crippen molar-refractivity contribution in [2.75, 3.05) is 18.5 Å². The van der Waals surface area contributed by atoms with Crippen LogP contribution in [0.2, 0.25) is 0 Å². The maximum absolute atomic E-state index is 11.4. The minimum Gasteiger partial charge on any atom is -0.505 e. The average Bonchev–Trinajstić information content (AvgIpc) is 3.02. The van der Waals surface area contributed by atoms with Crippen LogP contribution >= 0.6 is 0 Å². The number of carbonyl (C=O) groups excluding carboxylic acids is 1. The highest BCUT2D eigenvalue weighted by atomic mass is 16.3. The summed E-state index contributed by atoms with van der Waals surface area (Å²) in [5.41, 5.74) is 2.71. The molecule has 2 heterocycles. The van der Waals surface area contributed by atoms with Gasteiger partial charge in [0.15, 0.2) is 6.29 Å². The lowest BCUT2D eigenvalue weighted by Crippen LogP contribution is -2.27. The van der Waals surface area contributed by atoms with Gasteiger partial charge in [-0.1, -0.05) is 30.3 Å². The first-order chi connectivity index (χ1) is 15.2. The number of nitriles is 1. The fraction of sp³-hybridized carbons (Fsp3) is 0.167. The number of aromatic hydroxyl groups is 1. The van der Waals surface area contributed by atoms with E-state index in [0.29, 0.717) is 24.1 Å². The highest BCUT2D eigenvalue weighted by Gasteiger charge is 2.23. The summed E-state index contributed by atoms with van der Waals surface area (Å²) in [6, 6.07) is 17.1. The Bertz CT molecular complexity index is 1210. The molecule has 7 heteroatoms. The maximum Gasteiger partial charge on any atom is 0.153 e. The molecule has 4 rings (SSSR count). The monoisotopic (exact) mass is 411 g/mol. The number of pyridine rings is 1. The Morgan fingerprint density at radius 3 is 2.81 bits per heavy atom. The van der Waals surface area contributed by atoms with E-state index >= 15 is 0 Å². The van der Waals surface area contributed by atoms with Gasteiger partial charge in [0.2, 0.25) is 0 Å². The van der Waals surface area contributed by atoms with Gasteiger partial charge in [0, 0.05) is 41.7 Å². The number of allylic oxidation sites excluding steroid dienone is 2. The van der Waals surface area contributed by atoms with Crippen molar-refractivity contribution in [2.45, 2.75) is 12.3 Å². The Morgan fingerprint density at radius 1 is 1.19 bits per heavy atom. The molecule has 0 fully saturated rings. The summed E-state index contributed by atoms with van der Waals surface area (Å²) in [6.45, 7) is 0.829. The molecular formula is C24H21N5O2. The SMILES string of the molecule is N#CC1=C(NCNc2c(O)c(C=O)cc3ccccc23)C(c2ccccn2)CCN=C1. The normalized spacial score (nSPS) is 15.9. The molecule has 2 aromatic carbocycles. The third kappa shape index (κ3) is 4.09. The molecule has 1 aliphatic rings. The predicted molar refractivity (Wildman–Crippen MR) is 120 cm³/mol. The van der Waals surface area contributed by atoms with E-state index in [-0.39, 0.29) is 23.9 Å². The zero-order chi connectivity index (χ0) is 21.6. The number of phenols is 1. The van der Waals surface area contributed by atoms with Gasteiger partial charge in [-0.2, -0.15) is 5.26 Å². The summed E-state index contributed by atoms with van der Waals surface area (Å²) in [5.74, 6) is -0.208. The van der Waals surface area contributed by atoms with Crippen LogP contribution in [-0.2, 0) is 0 Å². The lowest BCUT2D eigenvalue weighted by molar-refractivity contribution is 0.112. The summed E-state index contributed by atoms with van der Waals surface area (Å²) in [5, 5.41) is 28.4. The number of rotatable bonds is 6. The number of hydrogen-bond donors (Lipinski definition) is 3. The van der Waals surface area contributed by atoms with Crippen LogP contribution in [0.1, 0.15) is 28.4 Å². The molecule has 1 atom stereocenters. The second-order valence-corrected chi connectivity index (χ2v) is 7.13. The minimum absolute atomic E-state index is 0.103. The summed E-state index contributed by atoms with van der Waals surface area (Å²) in [6.07, 6.45) is 4.68. The highest BCUT2D eigenvalue weighted by molar-refractivity contribution is 6.02. The fourth-order valence-electron chi connectivity index (χ4n) is 3.80. The van der Waals surface area contributed by atoms with E-state index in [4.69, 9.17) is 0 Å². The number of nitrogens with one attached hydrogen (secondary N) is 2. The second kappa shape index (κ2) is 9.09. The zero-order valence-corrected chi connectivity index (χ0v) is 16.7. The molecule has 7 nitrogen and oxygen atoms in total. The van der Waals surface area contributed by atoms with Gasteiger partial charge < -0.3 is 15.7 Å². The molecule has 0 bridgehead atoms. The number of benzene rings is 2. The predicted octanol–water partition coefficient (Wildman–Crippen LogP) is 3.75. The molecule has 3 N–H and O–H groups in total. The molecule has 154 valence electrons. The molecule has 0 saturated heterocycles. The van der Waals surface area contributed by atoms with Crippen molar-refractivity contribution in [3.63, 3.8) is 0 Å². The highest BCUT2D eigenvalue weighted by Crippen LogP contribution is 2.35. The van der Waals surface area contributed by atoms with Crippen LogP contribution < -0.4 is 10.6 Å². The first kappa shape index (κ1) is 20.1. The van der Waals surface area contributed by atoms with Crippen molar-refractivity contribution in [1.29, 1.82) is 5.26 Å². The maximum atomic E-state index is 11.4. The molecule has 0 aliphatic carbocycles. The molecule has 31 heavy (non-hydrogen) atoms. The van der Waals surface area contributed by atoms with Gasteiger partial charge in [0.1, 0.15) is 11.8 Å². The van der Waals surface area contributed by atoms with Crippen molar-refractivity contribution >= 4 is 29.0 Å². The molecule has 3 aromatic rings. The number of aliphatic imine (C=N–C) groups is 1. The number of aromatic nitrogens is 1. The van der Waals surface area contributed by atoms with E-state index in [9.17, 15) is 15.2 Å². The molecule has 1 aromatic heterocycles. The molecule has 1 aliphatic heterocycles. The lowest BCUT2D eigenvalue weighted by atomic mass is 9.94. The lowest BCUT2D eigenvalue weighted by Gasteiger charge is -2.22. The van der Waals surface area contributed by atoms with E-state index < -0.39 is 0 Å². The largest absolute Gasteiger partial charge is 0.505 e. The summed E-state index contributed by atoms with van der Waals surface area (Å²) >= 11 is 0. The minimum atomic E-state index is -0.105. The molecule has 0 saturated carbocycles. The zero-order valence-electron chi connectivity index (χ0n) is 16.7. The third-order valence-corrected chi connectivity index (χ3v) is 5.29. The summed E-state index contributed by atoms with van der Waals surface area (Å²) < 4.78 is 0. The van der Waals surface area contributed by atoms with Crippen molar-refractivity contribution in [3.8, 4) is 11.8 Å². The van der Waals surface area contributed by atoms with E-state index in [1.807, 2.05) is 42.5 Å². The van der Waals surface area contributed by atoms with Crippen molar-refractivity contribution in [3.05, 3.63) is 77.3 Å². The van der Waals surface area contributed by atoms with Gasteiger partial charge in [-0.15, -0.1) is 0 Å². The first-order valence-electron chi connectivity index (χ1n) is 9.95. The van der Waals surface area contributed by atoms with Crippen LogP contribution in [0.3, 0.4) is 0 Å². The van der Waals surface area contributed by atoms with E-state index in [0.717, 1.165) is 28.6 Å². The van der Waals surface area contributed by atoms with Crippen LogP contribution in [0.25, 0.3) is 10.8 Å². The van der Waals surface area contributed by atoms with Gasteiger partial charge in [0.05, 0.1) is 23.5 Å². The van der Waals surface area contributed by atoms with Crippen LogP contribution in [0.15, 0.2) is 71.0 Å². The Labute approximate surface area is 179 Å². The Kier molecular flexibility index (Phi) is 5.90. The van der Waals surface area contributed by atoms with Crippen LogP contribution in [0.4, 0.5) is 5.69 Å². The second-order valence-electron chi connectivity index (χ2n) is 7.13. The molecule has 0 radical (unpaired) electrons. The number of phenolic OH excluding ortho intramolecular Hbond substituents is 1. The van der Waals surface area contributed by atoms with Crippen LogP contribution in [0.5, 0.6) is 5.75 Å². The number of carbonyl (C=O) groups is 1. The Hall–Kier alpha value is -4.18. The van der Waals surface area contributed by atoms with E-state index in [2.05, 4.69) is 26.7 Å². The summed E-state index contributed by atoms with van der Waals surface area (Å²) in [4.78, 5) is 20.2. The van der Waals surface area contributed by atoms with Crippen molar-refractivity contribution in [1.82, 2.24) is 10.3 Å². The molecule has 1 unspecified atom stereocenters. The smallest absolute Gasteiger partial charge is 0.153 e. The quantitative estimate of drug-likeness (QED) is 0.324. The van der Waals surface area contributed by atoms with E-state index in [1.165, 1.54) is 0 Å². The number of fused-ring (bicyclic) bond motifs is 1. The van der Waals surface area contributed by atoms with Gasteiger partial charge in [-0.05, 0) is 30.0 Å². The fourth-order valence-corrected chi connectivity index (χ4v) is 3.80. The number of anilines is 1. The van der Waals surface area contributed by atoms with Gasteiger partial charge in [-0.3, -0.25) is 14.8 Å². The van der Waals surface area contributed by atoms with E-state index in [1.54, 1.807) is 18.5 Å². The van der Waals surface area contributed by atoms with Gasteiger partial charge >= 0.3 is 0 Å². The molecular weight excluding hydrogens is 390 g/mol. The van der Waals surface area contributed by atoms with Crippen molar-refractivity contribution in [2.24, 2.45) is 4.99 Å². The first-order valence-corrected chi connectivity index (χ1v) is 9.95. The number of aldehydes is 1. The topological polar surface area (TPSA) is 110 Å². The van der Waals surface area contributed by atoms with Gasteiger partial charge in [0.25, 0.3) is 0 Å². The standard InChI is InChI=1S/C24H21N5O2/c25-12-18-13-26-10-8-20(21-7-3-4-9-27-21)22(18)28-15-29-23-19-6-2-1-5-16(19)11-17(14-30)24(23)31/h1-7,9,11,13-14,20,28-29,31H,8,10,15H2.